The van der Waals surface area contributed by atoms with Crippen LogP contribution in [0, 0.1) is 12.7 Å². The lowest BCUT2D eigenvalue weighted by atomic mass is 10.2. The van der Waals surface area contributed by atoms with Crippen LogP contribution in [0.1, 0.15) is 11.1 Å². The first-order chi connectivity index (χ1) is 8.54. The molecule has 0 heterocycles. The maximum absolute atomic E-state index is 13.1. The van der Waals surface area contributed by atoms with Crippen molar-refractivity contribution in [2.75, 3.05) is 5.32 Å². The highest BCUT2D eigenvalue weighted by molar-refractivity contribution is 6.33. The average molecular weight is 284 g/mol. The van der Waals surface area contributed by atoms with E-state index < -0.39 is 0 Å². The minimum atomic E-state index is -0.339. The number of benzene rings is 2. The fraction of sp³-hybridized carbons (Fsp3) is 0.143. The number of rotatable bonds is 3. The van der Waals surface area contributed by atoms with Gasteiger partial charge < -0.3 is 5.32 Å². The average Bonchev–Trinajstić information content (AvgIpc) is 2.26. The van der Waals surface area contributed by atoms with Crippen LogP contribution in [-0.4, -0.2) is 0 Å². The number of aryl methyl sites for hydroxylation is 1. The maximum Gasteiger partial charge on any atom is 0.125 e. The molecule has 1 N–H and O–H groups in total. The van der Waals surface area contributed by atoms with Crippen molar-refractivity contribution >= 4 is 28.9 Å². The van der Waals surface area contributed by atoms with Crippen molar-refractivity contribution in [3.8, 4) is 0 Å². The van der Waals surface area contributed by atoms with Gasteiger partial charge in [-0.3, -0.25) is 0 Å². The summed E-state index contributed by atoms with van der Waals surface area (Å²) >= 11 is 11.9. The number of anilines is 1. The molecule has 0 aromatic heterocycles. The second-order valence-corrected chi connectivity index (χ2v) is 4.96. The Kier molecular flexibility index (Phi) is 4.10. The molecule has 0 atom stereocenters. The molecule has 94 valence electrons. The number of hydrogen-bond donors (Lipinski definition) is 1. The summed E-state index contributed by atoms with van der Waals surface area (Å²) < 4.78 is 13.1. The van der Waals surface area contributed by atoms with Gasteiger partial charge >= 0.3 is 0 Å². The Morgan fingerprint density at radius 3 is 2.56 bits per heavy atom. The molecule has 0 saturated heterocycles. The van der Waals surface area contributed by atoms with E-state index in [-0.39, 0.29) is 5.82 Å². The molecule has 4 heteroatoms. The first kappa shape index (κ1) is 13.2. The summed E-state index contributed by atoms with van der Waals surface area (Å²) in [5, 5.41) is 4.19. The number of nitrogens with one attached hydrogen (secondary N) is 1. The van der Waals surface area contributed by atoms with Crippen LogP contribution >= 0.6 is 23.2 Å². The van der Waals surface area contributed by atoms with Crippen molar-refractivity contribution in [2.24, 2.45) is 0 Å². The second kappa shape index (κ2) is 5.59. The summed E-state index contributed by atoms with van der Waals surface area (Å²) in [5.74, 6) is -0.339. The highest BCUT2D eigenvalue weighted by atomic mass is 35.5. The van der Waals surface area contributed by atoms with Crippen molar-refractivity contribution in [3.05, 3.63) is 63.4 Å². The lowest BCUT2D eigenvalue weighted by Crippen LogP contribution is -2.00. The Hall–Kier alpha value is -1.25. The van der Waals surface area contributed by atoms with E-state index in [1.807, 2.05) is 25.1 Å². The van der Waals surface area contributed by atoms with Crippen molar-refractivity contribution in [1.82, 2.24) is 0 Å². The molecule has 0 spiro atoms. The van der Waals surface area contributed by atoms with Crippen molar-refractivity contribution in [2.45, 2.75) is 13.5 Å². The molecular formula is C14H12Cl2FN. The van der Waals surface area contributed by atoms with Gasteiger partial charge in [0.25, 0.3) is 0 Å². The largest absolute Gasteiger partial charge is 0.380 e. The SMILES string of the molecule is Cc1ccc(NCc2cc(F)cc(Cl)c2)c(Cl)c1. The quantitative estimate of drug-likeness (QED) is 0.831. The van der Waals surface area contributed by atoms with E-state index in [0.29, 0.717) is 16.6 Å². The van der Waals surface area contributed by atoms with Crippen LogP contribution in [0.5, 0.6) is 0 Å². The molecular weight excluding hydrogens is 272 g/mol. The molecule has 2 aromatic rings. The molecule has 0 radical (unpaired) electrons. The van der Waals surface area contributed by atoms with Gasteiger partial charge in [-0.25, -0.2) is 4.39 Å². The highest BCUT2D eigenvalue weighted by Crippen LogP contribution is 2.23. The van der Waals surface area contributed by atoms with E-state index in [0.717, 1.165) is 16.8 Å². The summed E-state index contributed by atoms with van der Waals surface area (Å²) in [4.78, 5) is 0. The van der Waals surface area contributed by atoms with Crippen LogP contribution in [0.15, 0.2) is 36.4 Å². The van der Waals surface area contributed by atoms with Crippen LogP contribution < -0.4 is 5.32 Å². The van der Waals surface area contributed by atoms with E-state index in [2.05, 4.69) is 5.32 Å². The lowest BCUT2D eigenvalue weighted by Gasteiger charge is -2.09. The fourth-order valence-corrected chi connectivity index (χ4v) is 2.22. The molecule has 0 fully saturated rings. The van der Waals surface area contributed by atoms with Gasteiger partial charge in [0, 0.05) is 11.6 Å². The van der Waals surface area contributed by atoms with E-state index in [4.69, 9.17) is 23.2 Å². The molecule has 18 heavy (non-hydrogen) atoms. The molecule has 0 aliphatic rings. The van der Waals surface area contributed by atoms with Gasteiger partial charge in [-0.05, 0) is 48.4 Å². The Morgan fingerprint density at radius 1 is 1.11 bits per heavy atom. The van der Waals surface area contributed by atoms with E-state index in [1.165, 1.54) is 12.1 Å². The van der Waals surface area contributed by atoms with Crippen molar-refractivity contribution < 1.29 is 4.39 Å². The molecule has 0 aliphatic heterocycles. The third-order valence-corrected chi connectivity index (χ3v) is 3.06. The molecule has 0 saturated carbocycles. The van der Waals surface area contributed by atoms with Gasteiger partial charge in [0.2, 0.25) is 0 Å². The Bertz CT molecular complexity index is 549. The van der Waals surface area contributed by atoms with Crippen LogP contribution in [0.4, 0.5) is 10.1 Å². The second-order valence-electron chi connectivity index (χ2n) is 4.11. The standard InChI is InChI=1S/C14H12Cl2FN/c1-9-2-3-14(13(16)4-9)18-8-10-5-11(15)7-12(17)6-10/h2-7,18H,8H2,1H3. The summed E-state index contributed by atoms with van der Waals surface area (Å²) in [5.41, 5.74) is 2.69. The first-order valence-corrected chi connectivity index (χ1v) is 6.25. The van der Waals surface area contributed by atoms with Crippen molar-refractivity contribution in [1.29, 1.82) is 0 Å². The molecule has 0 aliphatic carbocycles. The third kappa shape index (κ3) is 3.37. The minimum absolute atomic E-state index is 0.339. The number of halogens is 3. The van der Waals surface area contributed by atoms with Crippen LogP contribution in [0.25, 0.3) is 0 Å². The topological polar surface area (TPSA) is 12.0 Å². The molecule has 1 nitrogen and oxygen atoms in total. The highest BCUT2D eigenvalue weighted by Gasteiger charge is 2.02. The maximum atomic E-state index is 13.1. The Balaban J connectivity index is 2.11. The zero-order valence-electron chi connectivity index (χ0n) is 9.81. The summed E-state index contributed by atoms with van der Waals surface area (Å²) in [6.45, 7) is 2.45. The van der Waals surface area contributed by atoms with Crippen LogP contribution in [0.3, 0.4) is 0 Å². The number of hydrogen-bond acceptors (Lipinski definition) is 1. The van der Waals surface area contributed by atoms with Crippen LogP contribution in [0.2, 0.25) is 10.0 Å². The first-order valence-electron chi connectivity index (χ1n) is 5.49. The van der Waals surface area contributed by atoms with Crippen molar-refractivity contribution in [3.63, 3.8) is 0 Å². The van der Waals surface area contributed by atoms with Gasteiger partial charge in [-0.15, -0.1) is 0 Å². The fourth-order valence-electron chi connectivity index (χ4n) is 1.67. The summed E-state index contributed by atoms with van der Waals surface area (Å²) in [6.07, 6.45) is 0. The van der Waals surface area contributed by atoms with Gasteiger partial charge in [-0.2, -0.15) is 0 Å². The smallest absolute Gasteiger partial charge is 0.125 e. The molecule has 0 unspecified atom stereocenters. The van der Waals surface area contributed by atoms with Gasteiger partial charge in [0.1, 0.15) is 5.82 Å². The molecule has 2 aromatic carbocycles. The lowest BCUT2D eigenvalue weighted by molar-refractivity contribution is 0.626. The van der Waals surface area contributed by atoms with E-state index in [1.54, 1.807) is 6.07 Å². The van der Waals surface area contributed by atoms with Crippen LogP contribution in [-0.2, 0) is 6.54 Å². The zero-order chi connectivity index (χ0) is 13.1. The minimum Gasteiger partial charge on any atom is -0.380 e. The van der Waals surface area contributed by atoms with Gasteiger partial charge in [0.15, 0.2) is 0 Å². The summed E-state index contributed by atoms with van der Waals surface area (Å²) in [7, 11) is 0. The summed E-state index contributed by atoms with van der Waals surface area (Å²) in [6, 6.07) is 10.2. The normalized spacial score (nSPS) is 10.4. The van der Waals surface area contributed by atoms with E-state index in [9.17, 15) is 4.39 Å². The predicted octanol–water partition coefficient (Wildman–Crippen LogP) is 5.05. The third-order valence-electron chi connectivity index (χ3n) is 2.53. The molecule has 0 amide bonds. The monoisotopic (exact) mass is 283 g/mol. The molecule has 2 rings (SSSR count). The Labute approximate surface area is 116 Å². The zero-order valence-corrected chi connectivity index (χ0v) is 11.3. The van der Waals surface area contributed by atoms with Gasteiger partial charge in [-0.1, -0.05) is 29.3 Å². The molecule has 0 bridgehead atoms. The van der Waals surface area contributed by atoms with Gasteiger partial charge in [0.05, 0.1) is 10.7 Å². The Morgan fingerprint density at radius 2 is 1.89 bits per heavy atom. The predicted molar refractivity (Wildman–Crippen MR) is 74.9 cm³/mol. The van der Waals surface area contributed by atoms with E-state index >= 15 is 0 Å².